The molecule has 29 heavy (non-hydrogen) atoms. The molecule has 1 aromatic carbocycles. The Bertz CT molecular complexity index is 1020. The van der Waals surface area contributed by atoms with E-state index in [0.29, 0.717) is 23.0 Å². The third-order valence-electron chi connectivity index (χ3n) is 4.99. The number of halogens is 1. The molecule has 1 aliphatic rings. The lowest BCUT2D eigenvalue weighted by molar-refractivity contribution is -0.132. The van der Waals surface area contributed by atoms with Crippen molar-refractivity contribution in [3.63, 3.8) is 0 Å². The van der Waals surface area contributed by atoms with E-state index in [2.05, 4.69) is 0 Å². The number of carbonyl (C=O) groups is 2. The number of aryl methyl sites for hydroxylation is 2. The van der Waals surface area contributed by atoms with Gasteiger partial charge >= 0.3 is 0 Å². The first-order chi connectivity index (χ1) is 13.7. The van der Waals surface area contributed by atoms with E-state index in [9.17, 15) is 18.0 Å². The van der Waals surface area contributed by atoms with Gasteiger partial charge in [0.05, 0.1) is 4.34 Å². The van der Waals surface area contributed by atoms with Crippen LogP contribution in [0.5, 0.6) is 0 Å². The van der Waals surface area contributed by atoms with Crippen molar-refractivity contribution in [3.05, 3.63) is 51.4 Å². The van der Waals surface area contributed by atoms with E-state index in [1.165, 1.54) is 10.4 Å². The predicted octanol–water partition coefficient (Wildman–Crippen LogP) is 3.51. The highest BCUT2D eigenvalue weighted by atomic mass is 35.5. The third kappa shape index (κ3) is 5.06. The number of piperazine rings is 1. The van der Waals surface area contributed by atoms with Gasteiger partial charge in [0.1, 0.15) is 4.21 Å². The lowest BCUT2D eigenvalue weighted by Gasteiger charge is -2.33. The molecule has 3 rings (SSSR count). The molecule has 0 aliphatic carbocycles. The fourth-order valence-electron chi connectivity index (χ4n) is 3.29. The summed E-state index contributed by atoms with van der Waals surface area (Å²) in [7, 11) is -3.59. The van der Waals surface area contributed by atoms with E-state index >= 15 is 0 Å². The first-order valence-electron chi connectivity index (χ1n) is 9.32. The predicted molar refractivity (Wildman–Crippen MR) is 114 cm³/mol. The maximum atomic E-state index is 12.6. The molecular weight excluding hydrogens is 432 g/mol. The SMILES string of the molecule is Cc1ccc(C)c(C(=O)CCC(=O)N2CCN(S(=O)(=O)c3ccc(Cl)s3)CC2)c1. The summed E-state index contributed by atoms with van der Waals surface area (Å²) in [5.74, 6) is -0.171. The van der Waals surface area contributed by atoms with Crippen LogP contribution >= 0.6 is 22.9 Å². The van der Waals surface area contributed by atoms with Crippen molar-refractivity contribution in [2.45, 2.75) is 30.9 Å². The summed E-state index contributed by atoms with van der Waals surface area (Å²) >= 11 is 6.87. The average molecular weight is 455 g/mol. The largest absolute Gasteiger partial charge is 0.340 e. The summed E-state index contributed by atoms with van der Waals surface area (Å²) in [6.45, 7) is 4.90. The Hall–Kier alpha value is -1.74. The van der Waals surface area contributed by atoms with Gasteiger partial charge in [0.15, 0.2) is 5.78 Å². The molecule has 0 atom stereocenters. The van der Waals surface area contributed by atoms with Crippen molar-refractivity contribution in [3.8, 4) is 0 Å². The van der Waals surface area contributed by atoms with Crippen LogP contribution in [-0.2, 0) is 14.8 Å². The monoisotopic (exact) mass is 454 g/mol. The molecule has 1 saturated heterocycles. The highest BCUT2D eigenvalue weighted by Gasteiger charge is 2.31. The van der Waals surface area contributed by atoms with E-state index in [0.717, 1.165) is 22.5 Å². The number of sulfonamides is 1. The number of ketones is 1. The van der Waals surface area contributed by atoms with Crippen molar-refractivity contribution in [2.75, 3.05) is 26.2 Å². The molecule has 2 heterocycles. The maximum absolute atomic E-state index is 12.6. The van der Waals surface area contributed by atoms with Gasteiger partial charge in [-0.3, -0.25) is 9.59 Å². The van der Waals surface area contributed by atoms with Crippen molar-refractivity contribution in [1.29, 1.82) is 0 Å². The minimum atomic E-state index is -3.59. The molecule has 9 heteroatoms. The highest BCUT2D eigenvalue weighted by Crippen LogP contribution is 2.28. The summed E-state index contributed by atoms with van der Waals surface area (Å²) in [5, 5.41) is 0. The van der Waals surface area contributed by atoms with Crippen LogP contribution in [0, 0.1) is 13.8 Å². The number of nitrogens with zero attached hydrogens (tertiary/aromatic N) is 2. The summed E-state index contributed by atoms with van der Waals surface area (Å²) in [6.07, 6.45) is 0.273. The zero-order chi connectivity index (χ0) is 21.2. The lowest BCUT2D eigenvalue weighted by Crippen LogP contribution is -2.50. The van der Waals surface area contributed by atoms with E-state index < -0.39 is 10.0 Å². The lowest BCUT2D eigenvalue weighted by atomic mass is 9.99. The van der Waals surface area contributed by atoms with E-state index in [4.69, 9.17) is 11.6 Å². The van der Waals surface area contributed by atoms with E-state index in [1.807, 2.05) is 32.0 Å². The van der Waals surface area contributed by atoms with Crippen molar-refractivity contribution < 1.29 is 18.0 Å². The van der Waals surface area contributed by atoms with Gasteiger partial charge in [-0.05, 0) is 37.6 Å². The summed E-state index contributed by atoms with van der Waals surface area (Å²) in [4.78, 5) is 26.6. The van der Waals surface area contributed by atoms with Crippen LogP contribution < -0.4 is 0 Å². The number of benzene rings is 1. The standard InChI is InChI=1S/C20H23ClN2O4S2/c1-14-3-4-15(2)16(13-14)17(24)5-7-19(25)22-9-11-23(12-10-22)29(26,27)20-8-6-18(21)28-20/h3-4,6,8,13H,5,7,9-12H2,1-2H3. The maximum Gasteiger partial charge on any atom is 0.252 e. The number of carbonyl (C=O) groups excluding carboxylic acids is 2. The second-order valence-corrected chi connectivity index (χ2v) is 11.0. The topological polar surface area (TPSA) is 74.8 Å². The molecule has 1 fully saturated rings. The van der Waals surface area contributed by atoms with Gasteiger partial charge < -0.3 is 4.90 Å². The van der Waals surface area contributed by atoms with Crippen molar-refractivity contribution in [2.24, 2.45) is 0 Å². The third-order valence-corrected chi connectivity index (χ3v) is 8.59. The van der Waals surface area contributed by atoms with Gasteiger partial charge in [-0.15, -0.1) is 11.3 Å². The van der Waals surface area contributed by atoms with E-state index in [1.54, 1.807) is 11.0 Å². The molecule has 1 aliphatic heterocycles. The molecule has 1 aromatic heterocycles. The highest BCUT2D eigenvalue weighted by molar-refractivity contribution is 7.91. The number of rotatable bonds is 6. The van der Waals surface area contributed by atoms with Crippen LogP contribution in [0.3, 0.4) is 0 Å². The molecule has 0 saturated carbocycles. The zero-order valence-electron chi connectivity index (χ0n) is 16.4. The Morgan fingerprint density at radius 1 is 1.03 bits per heavy atom. The second kappa shape index (κ2) is 8.95. The molecule has 0 bridgehead atoms. The average Bonchev–Trinajstić information content (AvgIpc) is 3.15. The van der Waals surface area contributed by atoms with E-state index in [-0.39, 0.29) is 41.8 Å². The minimum absolute atomic E-state index is 0.0460. The van der Waals surface area contributed by atoms with Crippen LogP contribution in [0.2, 0.25) is 4.34 Å². The number of thiophene rings is 1. The first kappa shape index (κ1) is 22.0. The summed E-state index contributed by atoms with van der Waals surface area (Å²) in [6, 6.07) is 8.77. The number of Topliss-reactive ketones (excluding diaryl/α,β-unsaturated/α-hetero) is 1. The molecule has 0 N–H and O–H groups in total. The van der Waals surface area contributed by atoms with Gasteiger partial charge in [-0.2, -0.15) is 4.31 Å². The van der Waals surface area contributed by atoms with Crippen LogP contribution in [0.1, 0.15) is 34.3 Å². The summed E-state index contributed by atoms with van der Waals surface area (Å²) in [5.41, 5.74) is 2.57. The van der Waals surface area contributed by atoms with Crippen LogP contribution in [0.4, 0.5) is 0 Å². The zero-order valence-corrected chi connectivity index (χ0v) is 18.7. The Balaban J connectivity index is 1.54. The molecule has 0 unspecified atom stereocenters. The molecule has 156 valence electrons. The van der Waals surface area contributed by atoms with Gasteiger partial charge in [0, 0.05) is 44.6 Å². The number of hydrogen-bond donors (Lipinski definition) is 0. The smallest absolute Gasteiger partial charge is 0.252 e. The molecule has 2 aromatic rings. The van der Waals surface area contributed by atoms with Gasteiger partial charge in [0.2, 0.25) is 5.91 Å². The van der Waals surface area contributed by atoms with Crippen molar-refractivity contribution >= 4 is 44.7 Å². The number of amides is 1. The van der Waals surface area contributed by atoms with Gasteiger partial charge in [0.25, 0.3) is 10.0 Å². The Morgan fingerprint density at radius 3 is 2.34 bits per heavy atom. The molecule has 6 nitrogen and oxygen atoms in total. The Morgan fingerprint density at radius 2 is 1.72 bits per heavy atom. The minimum Gasteiger partial charge on any atom is -0.340 e. The van der Waals surface area contributed by atoms with Crippen LogP contribution in [0.15, 0.2) is 34.5 Å². The first-order valence-corrected chi connectivity index (χ1v) is 12.0. The quantitative estimate of drug-likeness (QED) is 0.626. The Kier molecular flexibility index (Phi) is 6.78. The molecular formula is C20H23ClN2O4S2. The summed E-state index contributed by atoms with van der Waals surface area (Å²) < 4.78 is 27.3. The molecule has 0 radical (unpaired) electrons. The normalized spacial score (nSPS) is 15.5. The fraction of sp³-hybridized carbons (Fsp3) is 0.400. The van der Waals surface area contributed by atoms with Gasteiger partial charge in [-0.25, -0.2) is 8.42 Å². The molecule has 0 spiro atoms. The van der Waals surface area contributed by atoms with Gasteiger partial charge in [-0.1, -0.05) is 29.3 Å². The number of hydrogen-bond acceptors (Lipinski definition) is 5. The molecule has 1 amide bonds. The second-order valence-electron chi connectivity index (χ2n) is 7.08. The Labute approximate surface area is 180 Å². The fourth-order valence-corrected chi connectivity index (χ4v) is 6.35. The van der Waals surface area contributed by atoms with Crippen LogP contribution in [0.25, 0.3) is 0 Å². The van der Waals surface area contributed by atoms with Crippen molar-refractivity contribution in [1.82, 2.24) is 9.21 Å². The van der Waals surface area contributed by atoms with Crippen LogP contribution in [-0.4, -0.2) is 55.5 Å².